The second-order valence-electron chi connectivity index (χ2n) is 4.13. The van der Waals surface area contributed by atoms with Gasteiger partial charge in [-0.15, -0.1) is 0 Å². The number of ketones is 1. The first-order valence-corrected chi connectivity index (χ1v) is 5.31. The highest BCUT2D eigenvalue weighted by Crippen LogP contribution is 2.26. The van der Waals surface area contributed by atoms with E-state index >= 15 is 0 Å². The molecule has 1 saturated heterocycles. The molecule has 1 aromatic carbocycles. The lowest BCUT2D eigenvalue weighted by molar-refractivity contribution is -0.120. The van der Waals surface area contributed by atoms with E-state index < -0.39 is 11.6 Å². The minimum atomic E-state index is -0.458. The first-order valence-electron chi connectivity index (χ1n) is 5.31. The molecule has 1 aliphatic rings. The predicted molar refractivity (Wildman–Crippen MR) is 57.4 cm³/mol. The summed E-state index contributed by atoms with van der Waals surface area (Å²) >= 11 is 0. The van der Waals surface area contributed by atoms with E-state index in [1.54, 1.807) is 4.90 Å². The van der Waals surface area contributed by atoms with Crippen LogP contribution in [0.5, 0.6) is 0 Å². The summed E-state index contributed by atoms with van der Waals surface area (Å²) in [5.74, 6) is -0.719. The van der Waals surface area contributed by atoms with Crippen LogP contribution in [0.2, 0.25) is 0 Å². The van der Waals surface area contributed by atoms with Gasteiger partial charge in [0.15, 0.2) is 0 Å². The van der Waals surface area contributed by atoms with E-state index in [2.05, 4.69) is 0 Å². The van der Waals surface area contributed by atoms with Crippen LogP contribution in [0.15, 0.2) is 18.2 Å². The molecule has 0 N–H and O–H groups in total. The lowest BCUT2D eigenvalue weighted by atomic mass is 10.0. The number of Topliss-reactive ketones (excluding diaryl/α,β-unsaturated/α-hetero) is 1. The highest BCUT2D eigenvalue weighted by Gasteiger charge is 2.25. The van der Waals surface area contributed by atoms with Crippen molar-refractivity contribution in [1.82, 2.24) is 0 Å². The van der Waals surface area contributed by atoms with Crippen molar-refractivity contribution in [1.29, 1.82) is 0 Å². The Kier molecular flexibility index (Phi) is 2.90. The van der Waals surface area contributed by atoms with E-state index in [4.69, 9.17) is 0 Å². The molecule has 0 spiro atoms. The summed E-state index contributed by atoms with van der Waals surface area (Å²) in [4.78, 5) is 13.0. The highest BCUT2D eigenvalue weighted by molar-refractivity contribution is 5.81. The third-order valence-corrected chi connectivity index (χ3v) is 2.90. The fourth-order valence-corrected chi connectivity index (χ4v) is 2.07. The lowest BCUT2D eigenvalue weighted by Gasteiger charge is -2.34. The van der Waals surface area contributed by atoms with Crippen molar-refractivity contribution in [2.75, 3.05) is 11.4 Å². The minimum absolute atomic E-state index is 0.0717. The van der Waals surface area contributed by atoms with Crippen LogP contribution in [0.3, 0.4) is 0 Å². The smallest absolute Gasteiger partial charge is 0.146 e. The molecule has 1 aliphatic heterocycles. The molecule has 0 amide bonds. The van der Waals surface area contributed by atoms with E-state index in [0.29, 0.717) is 19.4 Å². The van der Waals surface area contributed by atoms with Gasteiger partial charge >= 0.3 is 0 Å². The monoisotopic (exact) mass is 225 g/mol. The van der Waals surface area contributed by atoms with Gasteiger partial charge in [0.1, 0.15) is 17.4 Å². The molecule has 0 bridgehead atoms. The Morgan fingerprint density at radius 2 is 2.12 bits per heavy atom. The molecule has 1 aromatic rings. The van der Waals surface area contributed by atoms with Gasteiger partial charge in [-0.25, -0.2) is 8.78 Å². The summed E-state index contributed by atoms with van der Waals surface area (Å²) in [6, 6.07) is 3.33. The summed E-state index contributed by atoms with van der Waals surface area (Å²) < 4.78 is 26.6. The van der Waals surface area contributed by atoms with Crippen molar-refractivity contribution < 1.29 is 13.6 Å². The summed E-state index contributed by atoms with van der Waals surface area (Å²) in [5.41, 5.74) is 0.250. The first kappa shape index (κ1) is 11.0. The topological polar surface area (TPSA) is 20.3 Å². The zero-order chi connectivity index (χ0) is 11.7. The molecule has 1 atom stereocenters. The molecule has 0 aromatic heterocycles. The van der Waals surface area contributed by atoms with Crippen molar-refractivity contribution >= 4 is 11.5 Å². The number of rotatable bonds is 1. The molecule has 16 heavy (non-hydrogen) atoms. The fraction of sp³-hybridized carbons (Fsp3) is 0.417. The number of anilines is 1. The van der Waals surface area contributed by atoms with Gasteiger partial charge < -0.3 is 4.90 Å². The van der Waals surface area contributed by atoms with Crippen molar-refractivity contribution in [3.63, 3.8) is 0 Å². The van der Waals surface area contributed by atoms with Gasteiger partial charge in [0.2, 0.25) is 0 Å². The van der Waals surface area contributed by atoms with Gasteiger partial charge in [0.25, 0.3) is 0 Å². The number of piperidine rings is 1. The van der Waals surface area contributed by atoms with Crippen LogP contribution < -0.4 is 4.90 Å². The van der Waals surface area contributed by atoms with E-state index in [9.17, 15) is 13.6 Å². The number of hydrogen-bond donors (Lipinski definition) is 0. The second kappa shape index (κ2) is 4.20. The standard InChI is InChI=1S/C12H13F2NO/c1-8-6-10(16)4-5-15(8)12-7-9(13)2-3-11(12)14/h2-3,7-8H,4-6H2,1H3. The number of benzene rings is 1. The van der Waals surface area contributed by atoms with Crippen molar-refractivity contribution in [3.8, 4) is 0 Å². The average Bonchev–Trinajstić information content (AvgIpc) is 2.22. The molecule has 2 nitrogen and oxygen atoms in total. The Morgan fingerprint density at radius 1 is 1.38 bits per heavy atom. The third-order valence-electron chi connectivity index (χ3n) is 2.90. The fourth-order valence-electron chi connectivity index (χ4n) is 2.07. The molecule has 0 radical (unpaired) electrons. The number of carbonyl (C=O) groups is 1. The lowest BCUT2D eigenvalue weighted by Crippen LogP contribution is -2.41. The van der Waals surface area contributed by atoms with Gasteiger partial charge in [0, 0.05) is 31.5 Å². The molecular formula is C12H13F2NO. The molecule has 1 heterocycles. The van der Waals surface area contributed by atoms with E-state index in [0.717, 1.165) is 12.1 Å². The molecule has 4 heteroatoms. The maximum atomic E-state index is 13.5. The predicted octanol–water partition coefficient (Wildman–Crippen LogP) is 2.52. The van der Waals surface area contributed by atoms with Crippen molar-refractivity contribution in [2.24, 2.45) is 0 Å². The molecule has 1 fully saturated rings. The summed E-state index contributed by atoms with van der Waals surface area (Å²) in [6.07, 6.45) is 0.802. The van der Waals surface area contributed by atoms with Crippen LogP contribution in [-0.2, 0) is 4.79 Å². The molecular weight excluding hydrogens is 212 g/mol. The van der Waals surface area contributed by atoms with Crippen molar-refractivity contribution in [2.45, 2.75) is 25.8 Å². The van der Waals surface area contributed by atoms with Crippen LogP contribution in [-0.4, -0.2) is 18.4 Å². The Morgan fingerprint density at radius 3 is 2.81 bits per heavy atom. The second-order valence-corrected chi connectivity index (χ2v) is 4.13. The van der Waals surface area contributed by atoms with Crippen LogP contribution in [0.4, 0.5) is 14.5 Å². The number of hydrogen-bond acceptors (Lipinski definition) is 2. The van der Waals surface area contributed by atoms with Crippen LogP contribution in [0.1, 0.15) is 19.8 Å². The first-order chi connectivity index (χ1) is 7.58. The number of halogens is 2. The largest absolute Gasteiger partial charge is 0.365 e. The van der Waals surface area contributed by atoms with Gasteiger partial charge in [-0.1, -0.05) is 0 Å². The maximum Gasteiger partial charge on any atom is 0.146 e. The van der Waals surface area contributed by atoms with E-state index in [-0.39, 0.29) is 17.5 Å². The van der Waals surface area contributed by atoms with Gasteiger partial charge in [-0.3, -0.25) is 4.79 Å². The average molecular weight is 225 g/mol. The van der Waals surface area contributed by atoms with Crippen LogP contribution >= 0.6 is 0 Å². The third kappa shape index (κ3) is 2.05. The Bertz CT molecular complexity index is 419. The van der Waals surface area contributed by atoms with E-state index in [1.807, 2.05) is 6.92 Å². The van der Waals surface area contributed by atoms with Gasteiger partial charge in [0.05, 0.1) is 5.69 Å². The molecule has 0 aliphatic carbocycles. The normalized spacial score (nSPS) is 21.3. The zero-order valence-corrected chi connectivity index (χ0v) is 9.04. The van der Waals surface area contributed by atoms with Crippen molar-refractivity contribution in [3.05, 3.63) is 29.8 Å². The van der Waals surface area contributed by atoms with Crippen LogP contribution in [0.25, 0.3) is 0 Å². The molecule has 1 unspecified atom stereocenters. The Labute approximate surface area is 92.9 Å². The number of nitrogens with zero attached hydrogens (tertiary/aromatic N) is 1. The minimum Gasteiger partial charge on any atom is -0.365 e. The zero-order valence-electron chi connectivity index (χ0n) is 9.04. The molecule has 0 saturated carbocycles. The Balaban J connectivity index is 2.29. The molecule has 86 valence electrons. The summed E-state index contributed by atoms with van der Waals surface area (Å²) in [7, 11) is 0. The summed E-state index contributed by atoms with van der Waals surface area (Å²) in [5, 5.41) is 0. The highest BCUT2D eigenvalue weighted by atomic mass is 19.1. The molecule has 2 rings (SSSR count). The number of carbonyl (C=O) groups excluding carboxylic acids is 1. The quantitative estimate of drug-likeness (QED) is 0.732. The van der Waals surface area contributed by atoms with E-state index in [1.165, 1.54) is 6.07 Å². The maximum absolute atomic E-state index is 13.5. The summed E-state index contributed by atoms with van der Waals surface area (Å²) in [6.45, 7) is 2.31. The van der Waals surface area contributed by atoms with Crippen LogP contribution in [0, 0.1) is 11.6 Å². The van der Waals surface area contributed by atoms with Gasteiger partial charge in [-0.2, -0.15) is 0 Å². The Hall–Kier alpha value is -1.45. The van der Waals surface area contributed by atoms with Gasteiger partial charge in [-0.05, 0) is 19.1 Å². The SMILES string of the molecule is CC1CC(=O)CCN1c1cc(F)ccc1F.